The van der Waals surface area contributed by atoms with E-state index in [-0.39, 0.29) is 12.5 Å². The van der Waals surface area contributed by atoms with Gasteiger partial charge in [0.15, 0.2) is 5.82 Å². The summed E-state index contributed by atoms with van der Waals surface area (Å²) in [5, 5.41) is 7.64. The van der Waals surface area contributed by atoms with Gasteiger partial charge in [-0.2, -0.15) is 18.3 Å². The predicted molar refractivity (Wildman–Crippen MR) is 128 cm³/mol. The molecule has 0 saturated carbocycles. The summed E-state index contributed by atoms with van der Waals surface area (Å²) in [7, 11) is 0. The molecule has 0 aliphatic rings. The molecule has 4 rings (SSSR count). The minimum absolute atomic E-state index is 0.146. The van der Waals surface area contributed by atoms with Crippen molar-refractivity contribution in [2.75, 3.05) is 5.32 Å². The summed E-state index contributed by atoms with van der Waals surface area (Å²) in [6, 6.07) is 20.8. The topological polar surface area (TPSA) is 56.1 Å². The summed E-state index contributed by atoms with van der Waals surface area (Å²) in [6.07, 6.45) is -4.41. The van der Waals surface area contributed by atoms with E-state index in [0.29, 0.717) is 40.0 Å². The van der Waals surface area contributed by atoms with E-state index in [0.717, 1.165) is 17.7 Å². The van der Waals surface area contributed by atoms with Gasteiger partial charge in [-0.1, -0.05) is 41.9 Å². The second kappa shape index (κ2) is 10.2. The first-order valence-electron chi connectivity index (χ1n) is 10.7. The van der Waals surface area contributed by atoms with Gasteiger partial charge in [-0.25, -0.2) is 0 Å². The summed E-state index contributed by atoms with van der Waals surface area (Å²) in [4.78, 5) is 12.6. The lowest BCUT2D eigenvalue weighted by Crippen LogP contribution is -2.13. The number of benzene rings is 3. The fourth-order valence-electron chi connectivity index (χ4n) is 3.41. The van der Waals surface area contributed by atoms with E-state index >= 15 is 0 Å². The number of aryl methyl sites for hydroxylation is 1. The minimum Gasteiger partial charge on any atom is -0.489 e. The molecule has 180 valence electrons. The van der Waals surface area contributed by atoms with Crippen LogP contribution in [0.2, 0.25) is 5.02 Å². The van der Waals surface area contributed by atoms with E-state index < -0.39 is 11.7 Å². The van der Waals surface area contributed by atoms with Crippen LogP contribution in [0.4, 0.5) is 19.0 Å². The van der Waals surface area contributed by atoms with Gasteiger partial charge in [0.25, 0.3) is 5.91 Å². The highest BCUT2D eigenvalue weighted by Gasteiger charge is 2.30. The standard InChI is InChI=1S/C26H21ClF3N3O2/c1-17-12-24(32-33(17)15-19-4-2-5-21(13-19)26(28,29)30)31-25(34)20-10-8-18(9-11-20)16-35-23-7-3-6-22(27)14-23/h2-14H,15-16H2,1H3,(H,31,32,34). The number of rotatable bonds is 7. The van der Waals surface area contributed by atoms with Crippen molar-refractivity contribution in [3.63, 3.8) is 0 Å². The number of hydrogen-bond donors (Lipinski definition) is 1. The molecule has 0 spiro atoms. The normalized spacial score (nSPS) is 11.3. The van der Waals surface area contributed by atoms with E-state index in [1.54, 1.807) is 66.2 Å². The molecule has 0 fully saturated rings. The quantitative estimate of drug-likeness (QED) is 0.306. The number of amides is 1. The molecule has 1 amide bonds. The predicted octanol–water partition coefficient (Wildman–Crippen LogP) is 6.74. The second-order valence-corrected chi connectivity index (χ2v) is 8.36. The Labute approximate surface area is 205 Å². The Hall–Kier alpha value is -3.78. The van der Waals surface area contributed by atoms with E-state index in [9.17, 15) is 18.0 Å². The highest BCUT2D eigenvalue weighted by Crippen LogP contribution is 2.29. The molecule has 0 saturated heterocycles. The van der Waals surface area contributed by atoms with Gasteiger partial charge < -0.3 is 10.1 Å². The Morgan fingerprint density at radius 2 is 1.74 bits per heavy atom. The number of aromatic nitrogens is 2. The maximum Gasteiger partial charge on any atom is 0.416 e. The number of ether oxygens (including phenoxy) is 1. The summed E-state index contributed by atoms with van der Waals surface area (Å²) < 4.78 is 46.2. The van der Waals surface area contributed by atoms with Gasteiger partial charge >= 0.3 is 6.18 Å². The maximum absolute atomic E-state index is 13.0. The number of nitrogens with zero attached hydrogens (tertiary/aromatic N) is 2. The number of nitrogens with one attached hydrogen (secondary N) is 1. The van der Waals surface area contributed by atoms with E-state index in [1.807, 2.05) is 6.07 Å². The van der Waals surface area contributed by atoms with Gasteiger partial charge in [-0.05, 0) is 60.5 Å². The number of halogens is 4. The van der Waals surface area contributed by atoms with Gasteiger partial charge in [0, 0.05) is 22.3 Å². The number of carbonyl (C=O) groups excluding carboxylic acids is 1. The van der Waals surface area contributed by atoms with Crippen LogP contribution in [0.1, 0.15) is 32.7 Å². The van der Waals surface area contributed by atoms with Crippen LogP contribution in [0.15, 0.2) is 78.9 Å². The van der Waals surface area contributed by atoms with Crippen molar-refractivity contribution in [1.29, 1.82) is 0 Å². The van der Waals surface area contributed by atoms with Gasteiger partial charge in [0.1, 0.15) is 12.4 Å². The van der Waals surface area contributed by atoms with Crippen molar-refractivity contribution < 1.29 is 22.7 Å². The average Bonchev–Trinajstić information content (AvgIpc) is 3.16. The van der Waals surface area contributed by atoms with Gasteiger partial charge in [0.2, 0.25) is 0 Å². The minimum atomic E-state index is -4.41. The third-order valence-electron chi connectivity index (χ3n) is 5.23. The molecule has 1 N–H and O–H groups in total. The van der Waals surface area contributed by atoms with Crippen LogP contribution in [-0.4, -0.2) is 15.7 Å². The lowest BCUT2D eigenvalue weighted by Gasteiger charge is -2.09. The van der Waals surface area contributed by atoms with Crippen molar-refractivity contribution in [3.8, 4) is 5.75 Å². The molecule has 9 heteroatoms. The molecule has 0 aliphatic carbocycles. The summed E-state index contributed by atoms with van der Waals surface area (Å²) >= 11 is 5.95. The van der Waals surface area contributed by atoms with E-state index in [4.69, 9.17) is 16.3 Å². The van der Waals surface area contributed by atoms with Crippen LogP contribution in [-0.2, 0) is 19.3 Å². The highest BCUT2D eigenvalue weighted by molar-refractivity contribution is 6.30. The first kappa shape index (κ1) is 24.3. The van der Waals surface area contributed by atoms with Crippen LogP contribution in [0.3, 0.4) is 0 Å². The molecular formula is C26H21ClF3N3O2. The van der Waals surface area contributed by atoms with E-state index in [1.165, 1.54) is 6.07 Å². The van der Waals surface area contributed by atoms with Crippen molar-refractivity contribution in [2.45, 2.75) is 26.3 Å². The molecule has 0 aliphatic heterocycles. The molecule has 35 heavy (non-hydrogen) atoms. The molecule has 1 aromatic heterocycles. The Bertz CT molecular complexity index is 1330. The summed E-state index contributed by atoms with van der Waals surface area (Å²) in [5.74, 6) is 0.610. The Kier molecular flexibility index (Phi) is 7.12. The number of hydrogen-bond acceptors (Lipinski definition) is 3. The van der Waals surface area contributed by atoms with Crippen LogP contribution in [0.5, 0.6) is 5.75 Å². The Morgan fingerprint density at radius 3 is 2.46 bits per heavy atom. The zero-order chi connectivity index (χ0) is 25.0. The van der Waals surface area contributed by atoms with Crippen molar-refractivity contribution in [3.05, 3.63) is 112 Å². The van der Waals surface area contributed by atoms with Crippen LogP contribution >= 0.6 is 11.6 Å². The monoisotopic (exact) mass is 499 g/mol. The molecule has 5 nitrogen and oxygen atoms in total. The average molecular weight is 500 g/mol. The molecule has 1 heterocycles. The zero-order valence-electron chi connectivity index (χ0n) is 18.6. The first-order valence-corrected chi connectivity index (χ1v) is 11.0. The Balaban J connectivity index is 1.37. The fourth-order valence-corrected chi connectivity index (χ4v) is 3.59. The Morgan fingerprint density at radius 1 is 1.00 bits per heavy atom. The number of carbonyl (C=O) groups is 1. The van der Waals surface area contributed by atoms with Crippen molar-refractivity contribution in [1.82, 2.24) is 9.78 Å². The third-order valence-corrected chi connectivity index (χ3v) is 5.46. The molecule has 0 atom stereocenters. The summed E-state index contributed by atoms with van der Waals surface area (Å²) in [6.45, 7) is 2.24. The highest BCUT2D eigenvalue weighted by atomic mass is 35.5. The van der Waals surface area contributed by atoms with Crippen molar-refractivity contribution >= 4 is 23.3 Å². The third kappa shape index (κ3) is 6.42. The van der Waals surface area contributed by atoms with Gasteiger partial charge in [0.05, 0.1) is 12.1 Å². The smallest absolute Gasteiger partial charge is 0.416 e. The van der Waals surface area contributed by atoms with Crippen LogP contribution < -0.4 is 10.1 Å². The van der Waals surface area contributed by atoms with Gasteiger partial charge in [-0.15, -0.1) is 0 Å². The molecule has 0 unspecified atom stereocenters. The zero-order valence-corrected chi connectivity index (χ0v) is 19.4. The molecule has 3 aromatic carbocycles. The van der Waals surface area contributed by atoms with Crippen molar-refractivity contribution in [2.24, 2.45) is 0 Å². The molecular weight excluding hydrogens is 479 g/mol. The molecule has 0 bridgehead atoms. The molecule has 4 aromatic rings. The second-order valence-electron chi connectivity index (χ2n) is 7.92. The van der Waals surface area contributed by atoms with Crippen LogP contribution in [0.25, 0.3) is 0 Å². The number of alkyl halides is 3. The largest absolute Gasteiger partial charge is 0.489 e. The first-order chi connectivity index (χ1) is 16.7. The fraction of sp³-hybridized carbons (Fsp3) is 0.154. The van der Waals surface area contributed by atoms with Gasteiger partial charge in [-0.3, -0.25) is 9.48 Å². The number of anilines is 1. The molecule has 0 radical (unpaired) electrons. The SMILES string of the molecule is Cc1cc(NC(=O)c2ccc(COc3cccc(Cl)c3)cc2)nn1Cc1cccc(C(F)(F)F)c1. The van der Waals surface area contributed by atoms with E-state index in [2.05, 4.69) is 10.4 Å². The lowest BCUT2D eigenvalue weighted by molar-refractivity contribution is -0.137. The lowest BCUT2D eigenvalue weighted by atomic mass is 10.1. The summed E-state index contributed by atoms with van der Waals surface area (Å²) in [5.41, 5.74) is 1.75. The maximum atomic E-state index is 13.0. The van der Waals surface area contributed by atoms with Crippen LogP contribution in [0, 0.1) is 6.92 Å².